The number of rotatable bonds is 17. The summed E-state index contributed by atoms with van der Waals surface area (Å²) in [7, 11) is 0. The molecule has 0 aliphatic carbocycles. The van der Waals surface area contributed by atoms with Crippen molar-refractivity contribution in [2.75, 3.05) is 6.54 Å². The lowest BCUT2D eigenvalue weighted by molar-refractivity contribution is -0.142. The molecule has 12 N–H and O–H groups in total. The van der Waals surface area contributed by atoms with Crippen molar-refractivity contribution >= 4 is 46.5 Å². The zero-order valence-corrected chi connectivity index (χ0v) is 24.4. The first kappa shape index (κ1) is 34.1. The Kier molecular flexibility index (Phi) is 12.4. The van der Waals surface area contributed by atoms with E-state index in [1.165, 1.54) is 0 Å². The Morgan fingerprint density at radius 3 is 2.09 bits per heavy atom. The highest BCUT2D eigenvalue weighted by molar-refractivity contribution is 5.95. The fourth-order valence-electron chi connectivity index (χ4n) is 4.66. The summed E-state index contributed by atoms with van der Waals surface area (Å²) >= 11 is 0. The number of carboxylic acid groups (broad SMARTS) is 2. The van der Waals surface area contributed by atoms with Gasteiger partial charge in [-0.25, -0.2) is 4.79 Å². The average molecular weight is 623 g/mol. The normalized spacial score (nSPS) is 13.5. The number of carbonyl (C=O) groups is 5. The number of aromatic amines is 1. The molecule has 1 aromatic heterocycles. The van der Waals surface area contributed by atoms with E-state index in [0.29, 0.717) is 11.1 Å². The SMILES string of the molecule is NC(N)=NCCCC(NC(=O)C(Cc1c[nH]c2ccccc12)NC(=O)C(N)CC(=O)O)C(=O)NC(Cc1ccccc1)C(=O)O. The summed E-state index contributed by atoms with van der Waals surface area (Å²) in [6.07, 6.45) is 1.25. The molecule has 4 unspecified atom stereocenters. The third kappa shape index (κ3) is 10.7. The van der Waals surface area contributed by atoms with Crippen molar-refractivity contribution in [1.82, 2.24) is 20.9 Å². The number of H-pyrrole nitrogens is 1. The number of aliphatic imine (C=N–C) groups is 1. The second kappa shape index (κ2) is 16.4. The number of guanidine groups is 1. The molecule has 0 spiro atoms. The van der Waals surface area contributed by atoms with Crippen LogP contribution in [0, 0.1) is 0 Å². The Hall–Kier alpha value is -5.44. The number of nitrogens with zero attached hydrogens (tertiary/aromatic N) is 1. The minimum absolute atomic E-state index is 0.00269. The highest BCUT2D eigenvalue weighted by Crippen LogP contribution is 2.19. The van der Waals surface area contributed by atoms with Gasteiger partial charge < -0.3 is 48.3 Å². The molecule has 3 aromatic rings. The molecule has 0 saturated carbocycles. The van der Waals surface area contributed by atoms with Crippen LogP contribution < -0.4 is 33.2 Å². The van der Waals surface area contributed by atoms with Crippen LogP contribution in [0.4, 0.5) is 0 Å². The molecular weight excluding hydrogens is 584 g/mol. The van der Waals surface area contributed by atoms with Gasteiger partial charge in [-0.2, -0.15) is 0 Å². The Morgan fingerprint density at radius 2 is 1.42 bits per heavy atom. The number of aliphatic carboxylic acids is 2. The molecule has 0 radical (unpaired) electrons. The number of nitrogens with two attached hydrogens (primary N) is 3. The summed E-state index contributed by atoms with van der Waals surface area (Å²) in [5.74, 6) is -5.14. The Balaban J connectivity index is 1.85. The summed E-state index contributed by atoms with van der Waals surface area (Å²) in [4.78, 5) is 70.0. The molecule has 15 heteroatoms. The number of benzene rings is 2. The molecule has 0 bridgehead atoms. The molecule has 15 nitrogen and oxygen atoms in total. The molecule has 3 rings (SSSR count). The van der Waals surface area contributed by atoms with Crippen molar-refractivity contribution in [3.63, 3.8) is 0 Å². The standard InChI is InChI=1S/C30H38N8O7/c31-20(15-25(39)40)26(41)37-23(14-18-16-35-21-10-5-4-9-19(18)21)28(43)36-22(11-6-12-34-30(32)33)27(42)38-24(29(44)45)13-17-7-2-1-3-8-17/h1-5,7-10,16,20,22-24,35H,6,11-15,31H2,(H,36,43)(H,37,41)(H,38,42)(H,39,40)(H,44,45)(H4,32,33,34). The van der Waals surface area contributed by atoms with Gasteiger partial charge in [0.1, 0.15) is 18.1 Å². The average Bonchev–Trinajstić information content (AvgIpc) is 3.40. The largest absolute Gasteiger partial charge is 0.481 e. The lowest BCUT2D eigenvalue weighted by Crippen LogP contribution is -2.58. The number of hydrogen-bond donors (Lipinski definition) is 9. The Morgan fingerprint density at radius 1 is 0.800 bits per heavy atom. The lowest BCUT2D eigenvalue weighted by Gasteiger charge is -2.25. The number of carboxylic acids is 2. The molecule has 240 valence electrons. The first-order valence-electron chi connectivity index (χ1n) is 14.2. The van der Waals surface area contributed by atoms with Crippen LogP contribution in [-0.4, -0.2) is 81.5 Å². The van der Waals surface area contributed by atoms with E-state index in [-0.39, 0.29) is 38.2 Å². The van der Waals surface area contributed by atoms with Crippen LogP contribution >= 0.6 is 0 Å². The van der Waals surface area contributed by atoms with Crippen molar-refractivity contribution in [3.05, 3.63) is 71.9 Å². The number of aromatic nitrogens is 1. The Labute approximate surface area is 258 Å². The maximum atomic E-state index is 13.7. The van der Waals surface area contributed by atoms with Gasteiger partial charge in [0.15, 0.2) is 5.96 Å². The maximum absolute atomic E-state index is 13.7. The summed E-state index contributed by atoms with van der Waals surface area (Å²) in [6.45, 7) is 0.133. The number of carbonyl (C=O) groups excluding carboxylic acids is 3. The first-order chi connectivity index (χ1) is 21.4. The fourth-order valence-corrected chi connectivity index (χ4v) is 4.66. The van der Waals surface area contributed by atoms with E-state index in [1.54, 1.807) is 42.6 Å². The van der Waals surface area contributed by atoms with E-state index >= 15 is 0 Å². The van der Waals surface area contributed by atoms with Gasteiger partial charge >= 0.3 is 11.9 Å². The molecule has 1 heterocycles. The molecule has 45 heavy (non-hydrogen) atoms. The number of hydrogen-bond acceptors (Lipinski definition) is 7. The summed E-state index contributed by atoms with van der Waals surface area (Å²) in [5.41, 5.74) is 18.7. The van der Waals surface area contributed by atoms with Crippen molar-refractivity contribution in [3.8, 4) is 0 Å². The smallest absolute Gasteiger partial charge is 0.326 e. The molecular formula is C30H38N8O7. The Bertz CT molecular complexity index is 1520. The van der Waals surface area contributed by atoms with E-state index in [2.05, 4.69) is 25.9 Å². The van der Waals surface area contributed by atoms with Gasteiger partial charge in [-0.15, -0.1) is 0 Å². The molecule has 0 aliphatic heterocycles. The van der Waals surface area contributed by atoms with Crippen LogP contribution in [-0.2, 0) is 36.8 Å². The quantitative estimate of drug-likeness (QED) is 0.0521. The second-order valence-electron chi connectivity index (χ2n) is 10.4. The molecule has 4 atom stereocenters. The van der Waals surface area contributed by atoms with Gasteiger partial charge in [-0.3, -0.25) is 24.2 Å². The van der Waals surface area contributed by atoms with E-state index in [1.807, 2.05) is 18.2 Å². The first-order valence-corrected chi connectivity index (χ1v) is 14.2. The van der Waals surface area contributed by atoms with Crippen LogP contribution in [0.5, 0.6) is 0 Å². The van der Waals surface area contributed by atoms with Crippen molar-refractivity contribution < 1.29 is 34.2 Å². The predicted octanol–water partition coefficient (Wildman–Crippen LogP) is -0.652. The highest BCUT2D eigenvalue weighted by Gasteiger charge is 2.31. The van der Waals surface area contributed by atoms with Gasteiger partial charge in [0.25, 0.3) is 0 Å². The van der Waals surface area contributed by atoms with Gasteiger partial charge in [0, 0.05) is 36.5 Å². The number of nitrogens with one attached hydrogen (secondary N) is 4. The van der Waals surface area contributed by atoms with E-state index in [4.69, 9.17) is 22.3 Å². The van der Waals surface area contributed by atoms with Crippen LogP contribution in [0.15, 0.2) is 65.8 Å². The third-order valence-corrected chi connectivity index (χ3v) is 6.94. The van der Waals surface area contributed by atoms with Crippen LogP contribution in [0.25, 0.3) is 10.9 Å². The maximum Gasteiger partial charge on any atom is 0.326 e. The zero-order valence-electron chi connectivity index (χ0n) is 24.4. The number of amides is 3. The van der Waals surface area contributed by atoms with E-state index in [9.17, 15) is 29.1 Å². The number of para-hydroxylation sites is 1. The topological polar surface area (TPSA) is 268 Å². The second-order valence-corrected chi connectivity index (χ2v) is 10.4. The van der Waals surface area contributed by atoms with E-state index in [0.717, 1.165) is 10.9 Å². The van der Waals surface area contributed by atoms with Crippen LogP contribution in [0.1, 0.15) is 30.4 Å². The summed E-state index contributed by atoms with van der Waals surface area (Å²) in [5, 5.41) is 27.3. The zero-order chi connectivity index (χ0) is 32.9. The molecule has 0 fully saturated rings. The fraction of sp³-hybridized carbons (Fsp3) is 0.333. The number of fused-ring (bicyclic) bond motifs is 1. The van der Waals surface area contributed by atoms with Crippen molar-refractivity contribution in [2.45, 2.75) is 56.3 Å². The van der Waals surface area contributed by atoms with Crippen molar-refractivity contribution in [1.29, 1.82) is 0 Å². The van der Waals surface area contributed by atoms with Crippen molar-refractivity contribution in [2.24, 2.45) is 22.2 Å². The molecule has 2 aromatic carbocycles. The van der Waals surface area contributed by atoms with Crippen LogP contribution in [0.2, 0.25) is 0 Å². The summed E-state index contributed by atoms with van der Waals surface area (Å²) in [6, 6.07) is 10.8. The third-order valence-electron chi connectivity index (χ3n) is 6.94. The van der Waals surface area contributed by atoms with Gasteiger partial charge in [-0.1, -0.05) is 48.5 Å². The lowest BCUT2D eigenvalue weighted by atomic mass is 10.0. The van der Waals surface area contributed by atoms with Gasteiger partial charge in [0.05, 0.1) is 12.5 Å². The van der Waals surface area contributed by atoms with Crippen LogP contribution in [0.3, 0.4) is 0 Å². The molecule has 0 saturated heterocycles. The van der Waals surface area contributed by atoms with Gasteiger partial charge in [0.2, 0.25) is 17.7 Å². The minimum Gasteiger partial charge on any atom is -0.481 e. The van der Waals surface area contributed by atoms with E-state index < -0.39 is 60.2 Å². The monoisotopic (exact) mass is 622 g/mol. The minimum atomic E-state index is -1.44. The molecule has 3 amide bonds. The predicted molar refractivity (Wildman–Crippen MR) is 166 cm³/mol. The van der Waals surface area contributed by atoms with Gasteiger partial charge in [-0.05, 0) is 30.0 Å². The highest BCUT2D eigenvalue weighted by atomic mass is 16.4. The molecule has 0 aliphatic rings. The summed E-state index contributed by atoms with van der Waals surface area (Å²) < 4.78 is 0.